The predicted molar refractivity (Wildman–Crippen MR) is 102 cm³/mol. The first-order valence-corrected chi connectivity index (χ1v) is 8.93. The molecule has 0 saturated carbocycles. The number of ketones is 1. The number of hydrogen-bond donors (Lipinski definition) is 4. The summed E-state index contributed by atoms with van der Waals surface area (Å²) in [6.07, 6.45) is -2.30. The van der Waals surface area contributed by atoms with Crippen LogP contribution in [0.3, 0.4) is 0 Å². The first-order valence-electron chi connectivity index (χ1n) is 8.93. The Labute approximate surface area is 172 Å². The van der Waals surface area contributed by atoms with Crippen molar-refractivity contribution in [2.45, 2.75) is 24.9 Å². The van der Waals surface area contributed by atoms with Crippen molar-refractivity contribution in [3.63, 3.8) is 0 Å². The fraction of sp³-hybridized carbons (Fsp3) is 0.333. The molecule has 1 aliphatic rings. The number of amides is 1. The second-order valence-electron chi connectivity index (χ2n) is 6.98. The summed E-state index contributed by atoms with van der Waals surface area (Å²) >= 11 is 0. The Kier molecular flexibility index (Phi) is 5.59. The second kappa shape index (κ2) is 7.86. The van der Waals surface area contributed by atoms with Crippen LogP contribution in [-0.2, 0) is 15.3 Å². The van der Waals surface area contributed by atoms with E-state index in [4.69, 9.17) is 10.5 Å². The van der Waals surface area contributed by atoms with Gasteiger partial charge >= 0.3 is 5.69 Å². The molecule has 0 spiro atoms. The molecule has 1 aromatic heterocycles. The van der Waals surface area contributed by atoms with Gasteiger partial charge in [-0.1, -0.05) is 0 Å². The van der Waals surface area contributed by atoms with Crippen LogP contribution >= 0.6 is 0 Å². The van der Waals surface area contributed by atoms with Gasteiger partial charge in [0.15, 0.2) is 5.78 Å². The highest BCUT2D eigenvalue weighted by molar-refractivity contribution is 6.02. The second-order valence-corrected chi connectivity index (χ2v) is 6.98. The van der Waals surface area contributed by atoms with Gasteiger partial charge in [0.25, 0.3) is 17.2 Å². The zero-order valence-corrected chi connectivity index (χ0v) is 16.0. The molecule has 2 aromatic rings. The Morgan fingerprint density at radius 2 is 1.94 bits per heavy atom. The van der Waals surface area contributed by atoms with Crippen LogP contribution in [0.2, 0.25) is 0 Å². The number of primary amides is 1. The number of aliphatic hydroxyl groups is 2. The Balaban J connectivity index is 2.23. The number of hydrogen-bond acceptors (Lipinski definition) is 9. The predicted octanol–water partition coefficient (Wildman–Crippen LogP) is -1.86. The van der Waals surface area contributed by atoms with E-state index in [-0.39, 0.29) is 16.8 Å². The van der Waals surface area contributed by atoms with Crippen LogP contribution in [-0.4, -0.2) is 55.2 Å². The van der Waals surface area contributed by atoms with Crippen LogP contribution in [0, 0.1) is 23.0 Å². The SMILES string of the molecule is Cc1cn([C@]2(C(N)=O)O[C@H](CO)[C@@H](O)C2C(=O)c2ccc([N+](=O)[O-])cc2)c(=O)[nH]c1=O. The van der Waals surface area contributed by atoms with E-state index in [0.29, 0.717) is 4.57 Å². The molecule has 1 aliphatic heterocycles. The average molecular weight is 434 g/mol. The summed E-state index contributed by atoms with van der Waals surface area (Å²) < 4.78 is 6.08. The molecule has 1 amide bonds. The maximum absolute atomic E-state index is 13.3. The highest BCUT2D eigenvalue weighted by Crippen LogP contribution is 2.41. The topological polar surface area (TPSA) is 208 Å². The number of H-pyrrole nitrogens is 1. The zero-order chi connectivity index (χ0) is 23.1. The first kappa shape index (κ1) is 22.0. The number of rotatable bonds is 6. The van der Waals surface area contributed by atoms with Crippen molar-refractivity contribution in [2.24, 2.45) is 11.7 Å². The maximum Gasteiger partial charge on any atom is 0.331 e. The van der Waals surface area contributed by atoms with E-state index in [9.17, 15) is 39.5 Å². The van der Waals surface area contributed by atoms with Crippen molar-refractivity contribution < 1.29 is 29.5 Å². The number of ether oxygens (including phenoxy) is 1. The van der Waals surface area contributed by atoms with E-state index in [1.807, 2.05) is 4.98 Å². The minimum Gasteiger partial charge on any atom is -0.394 e. The fourth-order valence-corrected chi connectivity index (χ4v) is 3.58. The van der Waals surface area contributed by atoms with E-state index in [1.165, 1.54) is 6.92 Å². The molecule has 31 heavy (non-hydrogen) atoms. The minimum atomic E-state index is -2.59. The van der Waals surface area contributed by atoms with Gasteiger partial charge in [0, 0.05) is 29.5 Å². The molecule has 2 heterocycles. The largest absolute Gasteiger partial charge is 0.394 e. The minimum absolute atomic E-state index is 0.0210. The number of nitrogens with zero attached hydrogens (tertiary/aromatic N) is 2. The Hall–Kier alpha value is -3.68. The molecule has 0 aliphatic carbocycles. The van der Waals surface area contributed by atoms with Gasteiger partial charge in [0.1, 0.15) is 12.0 Å². The highest BCUT2D eigenvalue weighted by atomic mass is 16.6. The summed E-state index contributed by atoms with van der Waals surface area (Å²) in [5.41, 5.74) is 0.578. The molecule has 13 nitrogen and oxygen atoms in total. The van der Waals surface area contributed by atoms with Crippen molar-refractivity contribution in [1.82, 2.24) is 9.55 Å². The van der Waals surface area contributed by atoms with Crippen molar-refractivity contribution in [1.29, 1.82) is 0 Å². The van der Waals surface area contributed by atoms with Gasteiger partial charge in [0.05, 0.1) is 17.6 Å². The lowest BCUT2D eigenvalue weighted by molar-refractivity contribution is -0.384. The molecule has 1 aromatic carbocycles. The first-order chi connectivity index (χ1) is 14.5. The molecule has 13 heteroatoms. The van der Waals surface area contributed by atoms with Gasteiger partial charge in [-0.2, -0.15) is 0 Å². The maximum atomic E-state index is 13.3. The lowest BCUT2D eigenvalue weighted by Gasteiger charge is -2.32. The number of carbonyl (C=O) groups excluding carboxylic acids is 2. The summed E-state index contributed by atoms with van der Waals surface area (Å²) in [6, 6.07) is 4.29. The van der Waals surface area contributed by atoms with Gasteiger partial charge in [-0.3, -0.25) is 34.0 Å². The average Bonchev–Trinajstić information content (AvgIpc) is 3.03. The Morgan fingerprint density at radius 1 is 1.32 bits per heavy atom. The number of nitrogens with one attached hydrogen (secondary N) is 1. The molecular formula is C18H18N4O9. The standard InChI is InChI=1S/C18H18N4O9/c1-8-6-21(17(28)20-15(8)26)18(16(19)27)12(14(25)11(7-23)31-18)13(24)9-2-4-10(5-3-9)22(29)30/h2-6,11-12,14,23,25H,7H2,1H3,(H2,19,27)(H,20,26,28)/t11-,12?,14-,18+/m1/s1. The number of Topliss-reactive ketones (excluding diaryl/α,β-unsaturated/α-hetero) is 1. The van der Waals surface area contributed by atoms with Crippen molar-refractivity contribution in [3.8, 4) is 0 Å². The summed E-state index contributed by atoms with van der Waals surface area (Å²) in [5.74, 6) is -4.07. The van der Waals surface area contributed by atoms with Crippen LogP contribution in [0.4, 0.5) is 5.69 Å². The van der Waals surface area contributed by atoms with Gasteiger partial charge in [0.2, 0.25) is 5.72 Å². The quantitative estimate of drug-likeness (QED) is 0.228. The number of aromatic nitrogens is 2. The summed E-state index contributed by atoms with van der Waals surface area (Å²) in [4.78, 5) is 62.2. The molecule has 1 fully saturated rings. The van der Waals surface area contributed by atoms with Crippen LogP contribution in [0.1, 0.15) is 15.9 Å². The third-order valence-electron chi connectivity index (χ3n) is 5.13. The molecule has 0 radical (unpaired) electrons. The number of aliphatic hydroxyl groups excluding tert-OH is 2. The molecule has 5 N–H and O–H groups in total. The number of carbonyl (C=O) groups is 2. The number of aromatic amines is 1. The van der Waals surface area contributed by atoms with Gasteiger partial charge in [-0.15, -0.1) is 0 Å². The Morgan fingerprint density at radius 3 is 2.45 bits per heavy atom. The Bertz CT molecular complexity index is 1170. The molecule has 0 bridgehead atoms. The van der Waals surface area contributed by atoms with E-state index < -0.39 is 58.3 Å². The number of nitro groups is 1. The van der Waals surface area contributed by atoms with E-state index in [1.54, 1.807) is 0 Å². The van der Waals surface area contributed by atoms with Gasteiger partial charge < -0.3 is 20.7 Å². The number of aryl methyl sites for hydroxylation is 1. The molecule has 1 unspecified atom stereocenters. The molecule has 4 atom stereocenters. The number of nitro benzene ring substituents is 1. The lowest BCUT2D eigenvalue weighted by atomic mass is 9.83. The van der Waals surface area contributed by atoms with Gasteiger partial charge in [-0.05, 0) is 19.1 Å². The van der Waals surface area contributed by atoms with Crippen LogP contribution < -0.4 is 17.0 Å². The number of benzene rings is 1. The van der Waals surface area contributed by atoms with Gasteiger partial charge in [-0.25, -0.2) is 4.79 Å². The van der Waals surface area contributed by atoms with Crippen LogP contribution in [0.25, 0.3) is 0 Å². The summed E-state index contributed by atoms with van der Waals surface area (Å²) in [5, 5.41) is 31.1. The molecular weight excluding hydrogens is 416 g/mol. The van der Waals surface area contributed by atoms with Crippen LogP contribution in [0.15, 0.2) is 40.1 Å². The third-order valence-corrected chi connectivity index (χ3v) is 5.13. The van der Waals surface area contributed by atoms with E-state index in [2.05, 4.69) is 0 Å². The molecule has 1 saturated heterocycles. The molecule has 3 rings (SSSR count). The monoisotopic (exact) mass is 434 g/mol. The van der Waals surface area contributed by atoms with Crippen molar-refractivity contribution in [2.75, 3.05) is 6.61 Å². The summed E-state index contributed by atoms with van der Waals surface area (Å²) in [7, 11) is 0. The number of nitrogens with two attached hydrogens (primary N) is 1. The zero-order valence-electron chi connectivity index (χ0n) is 16.0. The smallest absolute Gasteiger partial charge is 0.331 e. The lowest BCUT2D eigenvalue weighted by Crippen LogP contribution is -2.58. The summed E-state index contributed by atoms with van der Waals surface area (Å²) in [6.45, 7) is 0.503. The van der Waals surface area contributed by atoms with Crippen molar-refractivity contribution >= 4 is 17.4 Å². The number of non-ortho nitro benzene ring substituents is 1. The fourth-order valence-electron chi connectivity index (χ4n) is 3.58. The van der Waals surface area contributed by atoms with Crippen molar-refractivity contribution in [3.05, 3.63) is 72.5 Å². The highest BCUT2D eigenvalue weighted by Gasteiger charge is 2.63. The third kappa shape index (κ3) is 3.43. The van der Waals surface area contributed by atoms with Crippen LogP contribution in [0.5, 0.6) is 0 Å². The molecule has 164 valence electrons. The van der Waals surface area contributed by atoms with E-state index in [0.717, 1.165) is 30.5 Å². The normalized spacial score (nSPS) is 25.3. The van der Waals surface area contributed by atoms with E-state index >= 15 is 0 Å².